The maximum atomic E-state index is 11.0. The van der Waals surface area contributed by atoms with Crippen molar-refractivity contribution in [3.05, 3.63) is 18.0 Å². The fraction of sp³-hybridized carbons (Fsp3) is 0.714. The Morgan fingerprint density at radius 1 is 1.53 bits per heavy atom. The molecule has 1 N–H and O–H groups in total. The zero-order valence-corrected chi connectivity index (χ0v) is 12.2. The summed E-state index contributed by atoms with van der Waals surface area (Å²) in [7, 11) is 0. The second-order valence-corrected chi connectivity index (χ2v) is 6.32. The van der Waals surface area contributed by atoms with Gasteiger partial charge in [0.15, 0.2) is 0 Å². The van der Waals surface area contributed by atoms with Crippen molar-refractivity contribution in [1.82, 2.24) is 9.78 Å². The number of hydrogen-bond acceptors (Lipinski definition) is 3. The van der Waals surface area contributed by atoms with E-state index in [4.69, 9.17) is 5.11 Å². The van der Waals surface area contributed by atoms with Gasteiger partial charge in [0.2, 0.25) is 0 Å². The molecule has 1 aromatic heterocycles. The third-order valence-electron chi connectivity index (χ3n) is 3.69. The number of carbonyl (C=O) groups is 1. The predicted octanol–water partition coefficient (Wildman–Crippen LogP) is 3.48. The van der Waals surface area contributed by atoms with Crippen molar-refractivity contribution in [3.63, 3.8) is 0 Å². The van der Waals surface area contributed by atoms with Crippen LogP contribution in [0.15, 0.2) is 12.3 Å². The standard InChI is InChI=1S/C14H22N2O2S/c1-2-13(14(17)18)19-10-11-8-9-16(15-11)12-6-4-3-5-7-12/h8-9,12-13H,2-7,10H2,1H3,(H,17,18). The van der Waals surface area contributed by atoms with E-state index in [2.05, 4.69) is 9.78 Å². The van der Waals surface area contributed by atoms with Gasteiger partial charge in [-0.1, -0.05) is 26.2 Å². The van der Waals surface area contributed by atoms with Crippen LogP contribution in [0.5, 0.6) is 0 Å². The molecule has 1 atom stereocenters. The number of carboxylic acids is 1. The Balaban J connectivity index is 1.88. The SMILES string of the molecule is CCC(SCc1ccn(C2CCCCC2)n1)C(=O)O. The van der Waals surface area contributed by atoms with Crippen LogP contribution in [0.1, 0.15) is 57.2 Å². The number of carboxylic acid groups (broad SMARTS) is 1. The summed E-state index contributed by atoms with van der Waals surface area (Å²) in [6.45, 7) is 1.91. The van der Waals surface area contributed by atoms with Crippen molar-refractivity contribution in [2.75, 3.05) is 0 Å². The summed E-state index contributed by atoms with van der Waals surface area (Å²) in [6, 6.07) is 2.57. The Morgan fingerprint density at radius 2 is 2.26 bits per heavy atom. The number of aromatic nitrogens is 2. The lowest BCUT2D eigenvalue weighted by Gasteiger charge is -2.21. The van der Waals surface area contributed by atoms with Gasteiger partial charge in [-0.2, -0.15) is 5.10 Å². The molecule has 0 aliphatic heterocycles. The third kappa shape index (κ3) is 4.00. The first kappa shape index (κ1) is 14.4. The highest BCUT2D eigenvalue weighted by Crippen LogP contribution is 2.28. The highest BCUT2D eigenvalue weighted by Gasteiger charge is 2.18. The summed E-state index contributed by atoms with van der Waals surface area (Å²) >= 11 is 1.47. The number of hydrogen-bond donors (Lipinski definition) is 1. The quantitative estimate of drug-likeness (QED) is 0.868. The van der Waals surface area contributed by atoms with Gasteiger partial charge in [-0.3, -0.25) is 9.48 Å². The molecule has 0 saturated heterocycles. The molecule has 1 fully saturated rings. The molecular weight excluding hydrogens is 260 g/mol. The van der Waals surface area contributed by atoms with Crippen molar-refractivity contribution < 1.29 is 9.90 Å². The van der Waals surface area contributed by atoms with Gasteiger partial charge in [0.05, 0.1) is 11.7 Å². The summed E-state index contributed by atoms with van der Waals surface area (Å²) in [4.78, 5) is 11.0. The second-order valence-electron chi connectivity index (χ2n) is 5.13. The van der Waals surface area contributed by atoms with Crippen LogP contribution in [0.4, 0.5) is 0 Å². The Kier molecular flexibility index (Phi) is 5.31. The molecule has 2 rings (SSSR count). The van der Waals surface area contributed by atoms with E-state index in [9.17, 15) is 4.79 Å². The van der Waals surface area contributed by atoms with E-state index in [0.717, 1.165) is 5.69 Å². The molecule has 1 aromatic rings. The van der Waals surface area contributed by atoms with Gasteiger partial charge in [-0.25, -0.2) is 0 Å². The number of aliphatic carboxylic acids is 1. The molecule has 5 heteroatoms. The van der Waals surface area contributed by atoms with Gasteiger partial charge in [0.1, 0.15) is 5.25 Å². The van der Waals surface area contributed by atoms with Crippen LogP contribution < -0.4 is 0 Å². The minimum atomic E-state index is -0.723. The minimum absolute atomic E-state index is 0.320. The van der Waals surface area contributed by atoms with Crippen molar-refractivity contribution in [3.8, 4) is 0 Å². The molecule has 1 saturated carbocycles. The Morgan fingerprint density at radius 3 is 2.89 bits per heavy atom. The molecule has 1 unspecified atom stereocenters. The normalized spacial score (nSPS) is 18.4. The van der Waals surface area contributed by atoms with Gasteiger partial charge in [-0.05, 0) is 25.3 Å². The average Bonchev–Trinajstić information content (AvgIpc) is 2.89. The Bertz CT molecular complexity index is 413. The van der Waals surface area contributed by atoms with Crippen molar-refractivity contribution in [2.45, 2.75) is 62.5 Å². The molecule has 0 bridgehead atoms. The highest BCUT2D eigenvalue weighted by molar-refractivity contribution is 7.99. The van der Waals surface area contributed by atoms with Crippen LogP contribution in [-0.4, -0.2) is 26.1 Å². The smallest absolute Gasteiger partial charge is 0.316 e. The maximum absolute atomic E-state index is 11.0. The molecule has 1 aliphatic carbocycles. The number of rotatable bonds is 6. The lowest BCUT2D eigenvalue weighted by atomic mass is 9.96. The van der Waals surface area contributed by atoms with E-state index in [1.807, 2.05) is 19.2 Å². The first-order chi connectivity index (χ1) is 9.20. The first-order valence-corrected chi connectivity index (χ1v) is 8.14. The fourth-order valence-corrected chi connectivity index (χ4v) is 3.46. The molecule has 0 amide bonds. The van der Waals surface area contributed by atoms with Gasteiger partial charge < -0.3 is 5.11 Å². The fourth-order valence-electron chi connectivity index (χ4n) is 2.55. The van der Waals surface area contributed by atoms with Crippen molar-refractivity contribution in [2.24, 2.45) is 0 Å². The maximum Gasteiger partial charge on any atom is 0.316 e. The van der Waals surface area contributed by atoms with Crippen LogP contribution in [0.25, 0.3) is 0 Å². The Hall–Kier alpha value is -0.970. The van der Waals surface area contributed by atoms with E-state index in [-0.39, 0.29) is 5.25 Å². The van der Waals surface area contributed by atoms with E-state index in [0.29, 0.717) is 18.2 Å². The molecule has 1 aliphatic rings. The van der Waals surface area contributed by atoms with E-state index in [1.54, 1.807) is 0 Å². The Labute approximate surface area is 118 Å². The lowest BCUT2D eigenvalue weighted by molar-refractivity contribution is -0.136. The van der Waals surface area contributed by atoms with Gasteiger partial charge >= 0.3 is 5.97 Å². The zero-order valence-electron chi connectivity index (χ0n) is 11.4. The average molecular weight is 282 g/mol. The highest BCUT2D eigenvalue weighted by atomic mass is 32.2. The van der Waals surface area contributed by atoms with Gasteiger partial charge in [-0.15, -0.1) is 11.8 Å². The second kappa shape index (κ2) is 6.98. The lowest BCUT2D eigenvalue weighted by Crippen LogP contribution is -2.15. The third-order valence-corrected chi connectivity index (χ3v) is 5.09. The van der Waals surface area contributed by atoms with Gasteiger partial charge in [0.25, 0.3) is 0 Å². The van der Waals surface area contributed by atoms with Crippen LogP contribution >= 0.6 is 11.8 Å². The molecule has 0 spiro atoms. The monoisotopic (exact) mass is 282 g/mol. The van der Waals surface area contributed by atoms with Crippen LogP contribution in [-0.2, 0) is 10.5 Å². The van der Waals surface area contributed by atoms with E-state index < -0.39 is 5.97 Å². The van der Waals surface area contributed by atoms with E-state index >= 15 is 0 Å². The first-order valence-electron chi connectivity index (χ1n) is 7.09. The zero-order chi connectivity index (χ0) is 13.7. The molecule has 0 radical (unpaired) electrons. The predicted molar refractivity (Wildman–Crippen MR) is 77.4 cm³/mol. The minimum Gasteiger partial charge on any atom is -0.480 e. The van der Waals surface area contributed by atoms with E-state index in [1.165, 1.54) is 43.9 Å². The van der Waals surface area contributed by atoms with Gasteiger partial charge in [0, 0.05) is 11.9 Å². The summed E-state index contributed by atoms with van der Waals surface area (Å²) in [5.74, 6) is -0.0379. The summed E-state index contributed by atoms with van der Waals surface area (Å²) in [5, 5.41) is 13.3. The molecule has 1 heterocycles. The molecule has 106 valence electrons. The topological polar surface area (TPSA) is 55.1 Å². The van der Waals surface area contributed by atoms with Crippen LogP contribution in [0, 0.1) is 0 Å². The number of thioether (sulfide) groups is 1. The summed E-state index contributed by atoms with van der Waals surface area (Å²) < 4.78 is 2.08. The van der Waals surface area contributed by atoms with Crippen LogP contribution in [0.3, 0.4) is 0 Å². The summed E-state index contributed by atoms with van der Waals surface area (Å²) in [6.07, 6.45) is 9.09. The molecule has 4 nitrogen and oxygen atoms in total. The van der Waals surface area contributed by atoms with Crippen LogP contribution in [0.2, 0.25) is 0 Å². The molecule has 0 aromatic carbocycles. The molecular formula is C14H22N2O2S. The largest absolute Gasteiger partial charge is 0.480 e. The molecule has 19 heavy (non-hydrogen) atoms. The number of nitrogens with zero attached hydrogens (tertiary/aromatic N) is 2. The summed E-state index contributed by atoms with van der Waals surface area (Å²) in [5.41, 5.74) is 0.996. The van der Waals surface area contributed by atoms with Crippen molar-refractivity contribution in [1.29, 1.82) is 0 Å². The van der Waals surface area contributed by atoms with Crippen molar-refractivity contribution >= 4 is 17.7 Å².